The fourth-order valence-corrected chi connectivity index (χ4v) is 4.12. The van der Waals surface area contributed by atoms with Gasteiger partial charge in [-0.1, -0.05) is 78.9 Å². The van der Waals surface area contributed by atoms with Gasteiger partial charge in [-0.25, -0.2) is 4.79 Å². The summed E-state index contributed by atoms with van der Waals surface area (Å²) in [5.74, 6) is -0.985. The Bertz CT molecular complexity index is 1460. The summed E-state index contributed by atoms with van der Waals surface area (Å²) in [6.45, 7) is 0.540. The lowest BCUT2D eigenvalue weighted by Gasteiger charge is -2.20. The summed E-state index contributed by atoms with van der Waals surface area (Å²) in [6, 6.07) is 27.3. The number of alkyl halides is 3. The van der Waals surface area contributed by atoms with Crippen LogP contribution in [0.3, 0.4) is 0 Å². The second kappa shape index (κ2) is 13.5. The maximum atomic E-state index is 13.5. The van der Waals surface area contributed by atoms with Gasteiger partial charge in [0.1, 0.15) is 19.3 Å². The molecule has 1 atom stereocenters. The molecule has 0 aliphatic carbocycles. The number of esters is 1. The van der Waals surface area contributed by atoms with E-state index in [0.29, 0.717) is 23.7 Å². The van der Waals surface area contributed by atoms with E-state index in [2.05, 4.69) is 5.32 Å². The number of hydrogen-bond acceptors (Lipinski definition) is 5. The lowest BCUT2D eigenvalue weighted by atomic mass is 10.0. The van der Waals surface area contributed by atoms with Crippen molar-refractivity contribution in [3.05, 3.63) is 131 Å². The van der Waals surface area contributed by atoms with Gasteiger partial charge in [-0.05, 0) is 41.0 Å². The van der Waals surface area contributed by atoms with Gasteiger partial charge in [0.05, 0.1) is 18.2 Å². The first-order valence-electron chi connectivity index (χ1n) is 12.8. The fraction of sp³-hybridized carbons (Fsp3) is 0.188. The predicted octanol–water partition coefficient (Wildman–Crippen LogP) is 6.38. The highest BCUT2D eigenvalue weighted by atomic mass is 19.4. The minimum absolute atomic E-state index is 0.0622. The summed E-state index contributed by atoms with van der Waals surface area (Å²) in [6.07, 6.45) is -4.80. The topological polar surface area (TPSA) is 73.9 Å². The molecule has 4 aromatic carbocycles. The lowest BCUT2D eigenvalue weighted by Crippen LogP contribution is -2.43. The van der Waals surface area contributed by atoms with Gasteiger partial charge in [-0.15, -0.1) is 0 Å². The van der Waals surface area contributed by atoms with Gasteiger partial charge in [0, 0.05) is 6.42 Å². The molecular formula is C32H28F3NO5. The first kappa shape index (κ1) is 29.2. The summed E-state index contributed by atoms with van der Waals surface area (Å²) in [7, 11) is 1.14. The molecule has 0 saturated carbocycles. The van der Waals surface area contributed by atoms with Gasteiger partial charge in [-0.2, -0.15) is 13.2 Å². The lowest BCUT2D eigenvalue weighted by molar-refractivity contribution is -0.142. The molecule has 0 saturated heterocycles. The van der Waals surface area contributed by atoms with Crippen molar-refractivity contribution in [1.82, 2.24) is 5.32 Å². The zero-order chi connectivity index (χ0) is 29.2. The summed E-state index contributed by atoms with van der Waals surface area (Å²) in [5, 5.41) is 2.40. The molecule has 4 aromatic rings. The van der Waals surface area contributed by atoms with Crippen LogP contribution in [0.5, 0.6) is 11.5 Å². The average Bonchev–Trinajstić information content (AvgIpc) is 2.99. The van der Waals surface area contributed by atoms with Crippen LogP contribution in [0.15, 0.2) is 103 Å². The van der Waals surface area contributed by atoms with Crippen molar-refractivity contribution < 1.29 is 37.0 Å². The van der Waals surface area contributed by atoms with Crippen molar-refractivity contribution in [2.45, 2.75) is 31.9 Å². The van der Waals surface area contributed by atoms with Crippen LogP contribution in [-0.2, 0) is 35.3 Å². The van der Waals surface area contributed by atoms with Crippen LogP contribution in [0, 0.1) is 0 Å². The maximum Gasteiger partial charge on any atom is 0.417 e. The van der Waals surface area contributed by atoms with Crippen LogP contribution >= 0.6 is 0 Å². The van der Waals surface area contributed by atoms with Gasteiger partial charge < -0.3 is 19.5 Å². The zero-order valence-electron chi connectivity index (χ0n) is 22.2. The van der Waals surface area contributed by atoms with E-state index in [-0.39, 0.29) is 13.0 Å². The first-order valence-corrected chi connectivity index (χ1v) is 12.8. The Morgan fingerprint density at radius 3 is 1.88 bits per heavy atom. The van der Waals surface area contributed by atoms with Crippen LogP contribution in [-0.4, -0.2) is 25.0 Å². The molecule has 0 heterocycles. The summed E-state index contributed by atoms with van der Waals surface area (Å²) < 4.78 is 57.3. The highest BCUT2D eigenvalue weighted by Crippen LogP contribution is 2.33. The van der Waals surface area contributed by atoms with E-state index in [1.54, 1.807) is 18.2 Å². The Labute approximate surface area is 235 Å². The Morgan fingerprint density at radius 1 is 0.732 bits per heavy atom. The number of hydrogen-bond donors (Lipinski definition) is 1. The molecule has 41 heavy (non-hydrogen) atoms. The Balaban J connectivity index is 1.56. The Hall–Kier alpha value is -4.79. The Morgan fingerprint density at radius 2 is 1.29 bits per heavy atom. The van der Waals surface area contributed by atoms with Gasteiger partial charge in [-0.3, -0.25) is 4.79 Å². The summed E-state index contributed by atoms with van der Waals surface area (Å²) in [4.78, 5) is 25.4. The standard InChI is InChI=1S/C32H28F3NO5/c1-39-31(38)27(36-30(37)25-14-8-9-15-26(25)32(33,34)35)18-24-16-17-28(40-20-22-10-4-2-5-11-22)29(19-24)41-21-23-12-6-3-7-13-23/h2-17,19,27H,18,20-21H2,1H3,(H,36,37)/t27-/m0/s1. The van der Waals surface area contributed by atoms with Gasteiger partial charge >= 0.3 is 12.1 Å². The summed E-state index contributed by atoms with van der Waals surface area (Å²) in [5.41, 5.74) is 0.760. The molecule has 0 radical (unpaired) electrons. The third kappa shape index (κ3) is 8.11. The van der Waals surface area contributed by atoms with Crippen molar-refractivity contribution in [3.63, 3.8) is 0 Å². The van der Waals surface area contributed by atoms with Crippen molar-refractivity contribution >= 4 is 11.9 Å². The number of carbonyl (C=O) groups is 2. The maximum absolute atomic E-state index is 13.5. The van der Waals surface area contributed by atoms with Crippen molar-refractivity contribution in [1.29, 1.82) is 0 Å². The van der Waals surface area contributed by atoms with E-state index in [1.165, 1.54) is 12.1 Å². The monoisotopic (exact) mass is 563 g/mol. The molecule has 0 fully saturated rings. The van der Waals surface area contributed by atoms with Crippen molar-refractivity contribution in [3.8, 4) is 11.5 Å². The average molecular weight is 564 g/mol. The molecule has 1 amide bonds. The molecular weight excluding hydrogens is 535 g/mol. The number of carbonyl (C=O) groups excluding carboxylic acids is 2. The minimum Gasteiger partial charge on any atom is -0.485 e. The molecule has 4 rings (SSSR count). The first-order chi connectivity index (χ1) is 19.7. The highest BCUT2D eigenvalue weighted by Gasteiger charge is 2.35. The minimum atomic E-state index is -4.74. The largest absolute Gasteiger partial charge is 0.485 e. The zero-order valence-corrected chi connectivity index (χ0v) is 22.2. The van der Waals surface area contributed by atoms with Gasteiger partial charge in [0.2, 0.25) is 0 Å². The smallest absolute Gasteiger partial charge is 0.417 e. The molecule has 212 valence electrons. The van der Waals surface area contributed by atoms with Crippen LogP contribution in [0.25, 0.3) is 0 Å². The van der Waals surface area contributed by atoms with Crippen molar-refractivity contribution in [2.24, 2.45) is 0 Å². The van der Waals surface area contributed by atoms with E-state index in [9.17, 15) is 22.8 Å². The predicted molar refractivity (Wildman–Crippen MR) is 146 cm³/mol. The molecule has 0 aliphatic rings. The van der Waals surface area contributed by atoms with Gasteiger partial charge in [0.25, 0.3) is 5.91 Å². The number of nitrogens with one attached hydrogen (secondary N) is 1. The third-order valence-corrected chi connectivity index (χ3v) is 6.19. The molecule has 0 aromatic heterocycles. The van der Waals surface area contributed by atoms with Gasteiger partial charge in [0.15, 0.2) is 11.5 Å². The molecule has 1 N–H and O–H groups in total. The fourth-order valence-electron chi connectivity index (χ4n) is 4.12. The second-order valence-corrected chi connectivity index (χ2v) is 9.13. The Kier molecular flexibility index (Phi) is 9.63. The second-order valence-electron chi connectivity index (χ2n) is 9.13. The number of ether oxygens (including phenoxy) is 3. The SMILES string of the molecule is COC(=O)[C@H](Cc1ccc(OCc2ccccc2)c(OCc2ccccc2)c1)NC(=O)c1ccccc1C(F)(F)F. The quantitative estimate of drug-likeness (QED) is 0.215. The molecule has 0 aliphatic heterocycles. The van der Waals surface area contributed by atoms with E-state index < -0.39 is 35.2 Å². The number of halogens is 3. The van der Waals surface area contributed by atoms with Crippen LogP contribution in [0.1, 0.15) is 32.6 Å². The number of methoxy groups -OCH3 is 1. The third-order valence-electron chi connectivity index (χ3n) is 6.19. The molecule has 0 bridgehead atoms. The number of rotatable bonds is 11. The normalized spacial score (nSPS) is 11.8. The molecule has 6 nitrogen and oxygen atoms in total. The van der Waals surface area contributed by atoms with E-state index >= 15 is 0 Å². The van der Waals surface area contributed by atoms with E-state index in [0.717, 1.165) is 30.4 Å². The molecule has 0 unspecified atom stereocenters. The number of benzene rings is 4. The highest BCUT2D eigenvalue weighted by molar-refractivity contribution is 5.98. The van der Waals surface area contributed by atoms with E-state index in [4.69, 9.17) is 14.2 Å². The van der Waals surface area contributed by atoms with Crippen LogP contribution in [0.4, 0.5) is 13.2 Å². The van der Waals surface area contributed by atoms with E-state index in [1.807, 2.05) is 60.7 Å². The molecule has 0 spiro atoms. The summed E-state index contributed by atoms with van der Waals surface area (Å²) >= 11 is 0. The van der Waals surface area contributed by atoms with Crippen molar-refractivity contribution in [2.75, 3.05) is 7.11 Å². The van der Waals surface area contributed by atoms with Crippen LogP contribution < -0.4 is 14.8 Å². The van der Waals surface area contributed by atoms with Crippen LogP contribution in [0.2, 0.25) is 0 Å². The molecule has 9 heteroatoms. The number of amides is 1.